The van der Waals surface area contributed by atoms with Crippen LogP contribution in [0.2, 0.25) is 0 Å². The van der Waals surface area contributed by atoms with Gasteiger partial charge in [-0.25, -0.2) is 16.8 Å². The lowest BCUT2D eigenvalue weighted by molar-refractivity contribution is 0.0595. The zero-order valence-electron chi connectivity index (χ0n) is 22.9. The summed E-state index contributed by atoms with van der Waals surface area (Å²) in [5.74, 6) is -0.643. The minimum Gasteiger partial charge on any atom is -0.336 e. The van der Waals surface area contributed by atoms with Gasteiger partial charge in [-0.05, 0) is 56.3 Å². The van der Waals surface area contributed by atoms with Crippen LogP contribution in [0.15, 0.2) is 53.4 Å². The first kappa shape index (κ1) is 28.3. The van der Waals surface area contributed by atoms with Crippen LogP contribution in [-0.4, -0.2) is 111 Å². The molecule has 0 N–H and O–H groups in total. The average Bonchev–Trinajstić information content (AvgIpc) is 3.31. The second-order valence-corrected chi connectivity index (χ2v) is 15.1. The van der Waals surface area contributed by atoms with E-state index < -0.39 is 19.7 Å². The highest BCUT2D eigenvalue weighted by molar-refractivity contribution is 7.91. The second-order valence-electron chi connectivity index (χ2n) is 10.8. The van der Waals surface area contributed by atoms with Gasteiger partial charge in [0, 0.05) is 68.2 Å². The van der Waals surface area contributed by atoms with Crippen molar-refractivity contribution in [1.29, 1.82) is 0 Å². The average molecular weight is 587 g/mol. The van der Waals surface area contributed by atoms with E-state index in [0.717, 1.165) is 19.3 Å². The summed E-state index contributed by atoms with van der Waals surface area (Å²) in [5.41, 5.74) is 1.90. The Balaban J connectivity index is 1.55. The van der Waals surface area contributed by atoms with Gasteiger partial charge in [0.1, 0.15) is 5.69 Å². The van der Waals surface area contributed by atoms with Gasteiger partial charge < -0.3 is 14.4 Å². The van der Waals surface area contributed by atoms with E-state index >= 15 is 0 Å². The Morgan fingerprint density at radius 1 is 0.825 bits per heavy atom. The van der Waals surface area contributed by atoms with Crippen LogP contribution in [0, 0.1) is 0 Å². The number of carbonyl (C=O) groups excluding carboxylic acids is 2. The summed E-state index contributed by atoms with van der Waals surface area (Å²) in [6.45, 7) is 7.33. The molecule has 2 amide bonds. The number of fused-ring (bicyclic) bond motifs is 1. The van der Waals surface area contributed by atoms with Crippen molar-refractivity contribution in [2.75, 3.05) is 57.0 Å². The van der Waals surface area contributed by atoms with Crippen LogP contribution >= 0.6 is 0 Å². The molecule has 214 valence electrons. The highest BCUT2D eigenvalue weighted by Gasteiger charge is 2.29. The van der Waals surface area contributed by atoms with E-state index in [-0.39, 0.29) is 47.0 Å². The number of piperazine rings is 1. The Morgan fingerprint density at radius 3 is 2.10 bits per heavy atom. The molecular weight excluding hydrogens is 552 g/mol. The quantitative estimate of drug-likeness (QED) is 0.449. The molecule has 2 saturated heterocycles. The summed E-state index contributed by atoms with van der Waals surface area (Å²) >= 11 is 0. The van der Waals surface area contributed by atoms with Crippen molar-refractivity contribution in [2.45, 2.75) is 24.8 Å². The zero-order chi connectivity index (χ0) is 28.8. The third kappa shape index (κ3) is 5.65. The third-order valence-electron chi connectivity index (χ3n) is 7.73. The minimum atomic E-state index is -3.51. The van der Waals surface area contributed by atoms with Gasteiger partial charge in [-0.2, -0.15) is 0 Å². The van der Waals surface area contributed by atoms with E-state index in [1.54, 1.807) is 41.0 Å². The maximum atomic E-state index is 13.7. The molecule has 0 bridgehead atoms. The first-order valence-electron chi connectivity index (χ1n) is 13.3. The van der Waals surface area contributed by atoms with Crippen LogP contribution < -0.4 is 0 Å². The molecule has 0 spiro atoms. The van der Waals surface area contributed by atoms with Crippen LogP contribution in [0.5, 0.6) is 0 Å². The van der Waals surface area contributed by atoms with Crippen LogP contribution in [0.1, 0.15) is 34.7 Å². The summed E-state index contributed by atoms with van der Waals surface area (Å²) in [7, 11) is -6.69. The number of carbonyl (C=O) groups is 2. The summed E-state index contributed by atoms with van der Waals surface area (Å²) < 4.78 is 50.2. The molecule has 0 atom stereocenters. The lowest BCUT2D eigenvalue weighted by Gasteiger charge is -2.37. The molecule has 0 aliphatic carbocycles. The Kier molecular flexibility index (Phi) is 7.53. The number of sulfone groups is 2. The van der Waals surface area contributed by atoms with E-state index in [4.69, 9.17) is 0 Å². The highest BCUT2D eigenvalue weighted by atomic mass is 32.2. The van der Waals surface area contributed by atoms with Gasteiger partial charge in [-0.15, -0.1) is 0 Å². The number of rotatable bonds is 5. The van der Waals surface area contributed by atoms with Gasteiger partial charge >= 0.3 is 0 Å². The molecule has 2 aromatic carbocycles. The summed E-state index contributed by atoms with van der Waals surface area (Å²) in [6, 6.07) is 13.7. The van der Waals surface area contributed by atoms with Crippen LogP contribution in [-0.2, 0) is 19.7 Å². The predicted octanol–water partition coefficient (Wildman–Crippen LogP) is 2.07. The molecule has 5 rings (SSSR count). The SMILES string of the molecule is CC(C)N1CCN(C(=O)c2ccc3c(c2)cc(C(=O)N2CCS(=O)(=O)CC2)n3-c2cccc(S(C)(=O)=O)c2)CC1. The molecule has 3 heterocycles. The fraction of sp³-hybridized carbons (Fsp3) is 0.429. The maximum Gasteiger partial charge on any atom is 0.270 e. The molecule has 3 aromatic rings. The van der Waals surface area contributed by atoms with Crippen LogP contribution in [0.3, 0.4) is 0 Å². The molecule has 2 aliphatic heterocycles. The maximum absolute atomic E-state index is 13.7. The highest BCUT2D eigenvalue weighted by Crippen LogP contribution is 2.29. The van der Waals surface area contributed by atoms with Gasteiger partial charge in [-0.3, -0.25) is 14.5 Å². The fourth-order valence-electron chi connectivity index (χ4n) is 5.34. The normalized spacial score (nSPS) is 18.4. The smallest absolute Gasteiger partial charge is 0.270 e. The van der Waals surface area contributed by atoms with Crippen molar-refractivity contribution in [2.24, 2.45) is 0 Å². The molecule has 0 radical (unpaired) electrons. The second kappa shape index (κ2) is 10.6. The van der Waals surface area contributed by atoms with Gasteiger partial charge in [0.15, 0.2) is 19.7 Å². The molecule has 2 fully saturated rings. The van der Waals surface area contributed by atoms with Crippen molar-refractivity contribution in [1.82, 2.24) is 19.3 Å². The van der Waals surface area contributed by atoms with E-state index in [2.05, 4.69) is 18.7 Å². The largest absolute Gasteiger partial charge is 0.336 e. The number of hydrogen-bond acceptors (Lipinski definition) is 7. The molecule has 0 saturated carbocycles. The number of aromatic nitrogens is 1. The van der Waals surface area contributed by atoms with Crippen molar-refractivity contribution < 1.29 is 26.4 Å². The van der Waals surface area contributed by atoms with Crippen LogP contribution in [0.4, 0.5) is 0 Å². The number of benzene rings is 2. The Labute approximate surface area is 235 Å². The first-order valence-corrected chi connectivity index (χ1v) is 17.0. The first-order chi connectivity index (χ1) is 18.8. The van der Waals surface area contributed by atoms with Crippen LogP contribution in [0.25, 0.3) is 16.6 Å². The molecule has 10 nitrogen and oxygen atoms in total. The Hall–Kier alpha value is -3.22. The molecular formula is C28H34N4O6S2. The monoisotopic (exact) mass is 586 g/mol. The standard InChI is InChI=1S/C28H34N4O6S2/c1-20(2)29-9-11-30(12-10-29)27(33)21-7-8-25-22(17-21)18-26(28(34)31-13-15-40(37,38)16-14-31)32(25)23-5-4-6-24(19-23)39(3,35)36/h4-8,17-20H,9-16H2,1-3H3. The Morgan fingerprint density at radius 2 is 1.48 bits per heavy atom. The van der Waals surface area contributed by atoms with Gasteiger partial charge in [-0.1, -0.05) is 6.07 Å². The summed E-state index contributed by atoms with van der Waals surface area (Å²) in [5, 5.41) is 0.657. The topological polar surface area (TPSA) is 117 Å². The van der Waals surface area contributed by atoms with Crippen molar-refractivity contribution in [3.05, 3.63) is 59.8 Å². The van der Waals surface area contributed by atoms with Gasteiger partial charge in [0.25, 0.3) is 11.8 Å². The molecule has 0 unspecified atom stereocenters. The lowest BCUT2D eigenvalue weighted by atomic mass is 10.1. The number of hydrogen-bond donors (Lipinski definition) is 0. The summed E-state index contributed by atoms with van der Waals surface area (Å²) in [6.07, 6.45) is 1.12. The van der Waals surface area contributed by atoms with E-state index in [9.17, 15) is 26.4 Å². The lowest BCUT2D eigenvalue weighted by Crippen LogP contribution is -2.50. The van der Waals surface area contributed by atoms with E-state index in [1.807, 2.05) is 4.90 Å². The molecule has 40 heavy (non-hydrogen) atoms. The molecule has 2 aliphatic rings. The summed E-state index contributed by atoms with van der Waals surface area (Å²) in [4.78, 5) is 32.9. The predicted molar refractivity (Wildman–Crippen MR) is 154 cm³/mol. The van der Waals surface area contributed by atoms with Gasteiger partial charge in [0.05, 0.1) is 21.9 Å². The van der Waals surface area contributed by atoms with E-state index in [0.29, 0.717) is 41.3 Å². The fourth-order valence-corrected chi connectivity index (χ4v) is 7.20. The number of nitrogens with zero attached hydrogens (tertiary/aromatic N) is 4. The third-order valence-corrected chi connectivity index (χ3v) is 10.5. The van der Waals surface area contributed by atoms with E-state index in [1.165, 1.54) is 17.0 Å². The minimum absolute atomic E-state index is 0.0776. The van der Waals surface area contributed by atoms with Crippen molar-refractivity contribution >= 4 is 42.4 Å². The molecule has 12 heteroatoms. The van der Waals surface area contributed by atoms with Crippen molar-refractivity contribution in [3.8, 4) is 5.69 Å². The molecule has 1 aromatic heterocycles. The Bertz CT molecular complexity index is 1670. The van der Waals surface area contributed by atoms with Gasteiger partial charge in [0.2, 0.25) is 0 Å². The van der Waals surface area contributed by atoms with Crippen molar-refractivity contribution in [3.63, 3.8) is 0 Å². The zero-order valence-corrected chi connectivity index (χ0v) is 24.5. The number of amides is 2.